The zero-order valence-electron chi connectivity index (χ0n) is 8.34. The SMILES string of the molecule is O=C1CNC(=O)N1c1cc(Cl)ccc1[N+](=O)[O-]. The first-order chi connectivity index (χ1) is 8.00. The Balaban J connectivity index is 2.57. The van der Waals surface area contributed by atoms with Crippen LogP contribution in [0.25, 0.3) is 0 Å². The molecule has 3 amide bonds. The van der Waals surface area contributed by atoms with Crippen molar-refractivity contribution in [2.75, 3.05) is 11.4 Å². The van der Waals surface area contributed by atoms with Gasteiger partial charge in [0.1, 0.15) is 5.69 Å². The van der Waals surface area contributed by atoms with Crippen molar-refractivity contribution in [3.63, 3.8) is 0 Å². The van der Waals surface area contributed by atoms with E-state index >= 15 is 0 Å². The number of anilines is 1. The topological polar surface area (TPSA) is 92.6 Å². The van der Waals surface area contributed by atoms with Gasteiger partial charge in [0.25, 0.3) is 11.6 Å². The molecule has 1 heterocycles. The Morgan fingerprint density at radius 2 is 2.12 bits per heavy atom. The molecule has 0 atom stereocenters. The fraction of sp³-hybridized carbons (Fsp3) is 0.111. The Kier molecular flexibility index (Phi) is 2.68. The number of nitro groups is 1. The third-order valence-corrected chi connectivity index (χ3v) is 2.45. The Labute approximate surface area is 100 Å². The van der Waals surface area contributed by atoms with Crippen molar-refractivity contribution in [3.05, 3.63) is 33.3 Å². The molecule has 2 rings (SSSR count). The number of benzene rings is 1. The van der Waals surface area contributed by atoms with E-state index in [0.717, 1.165) is 6.07 Å². The number of amides is 3. The molecule has 1 aliphatic rings. The van der Waals surface area contributed by atoms with Crippen LogP contribution < -0.4 is 10.2 Å². The molecule has 7 nitrogen and oxygen atoms in total. The van der Waals surface area contributed by atoms with E-state index in [9.17, 15) is 19.7 Å². The van der Waals surface area contributed by atoms with Gasteiger partial charge in [-0.05, 0) is 12.1 Å². The maximum absolute atomic E-state index is 11.4. The van der Waals surface area contributed by atoms with Gasteiger partial charge in [-0.3, -0.25) is 14.9 Å². The summed E-state index contributed by atoms with van der Waals surface area (Å²) in [7, 11) is 0. The predicted molar refractivity (Wildman–Crippen MR) is 59.0 cm³/mol. The molecule has 17 heavy (non-hydrogen) atoms. The van der Waals surface area contributed by atoms with Crippen LogP contribution in [0.2, 0.25) is 5.02 Å². The second kappa shape index (κ2) is 4.02. The number of nitro benzene ring substituents is 1. The number of carbonyl (C=O) groups is 2. The van der Waals surface area contributed by atoms with E-state index in [2.05, 4.69) is 5.32 Å². The highest BCUT2D eigenvalue weighted by Gasteiger charge is 2.34. The van der Waals surface area contributed by atoms with E-state index in [1.165, 1.54) is 12.1 Å². The Bertz CT molecular complexity index is 515. The molecular formula is C9H6ClN3O4. The largest absolute Gasteiger partial charge is 0.329 e. The summed E-state index contributed by atoms with van der Waals surface area (Å²) in [6.07, 6.45) is 0. The summed E-state index contributed by atoms with van der Waals surface area (Å²) in [5.74, 6) is -0.555. The van der Waals surface area contributed by atoms with Crippen molar-refractivity contribution in [2.24, 2.45) is 0 Å². The van der Waals surface area contributed by atoms with E-state index in [4.69, 9.17) is 11.6 Å². The van der Waals surface area contributed by atoms with Gasteiger partial charge in [0.15, 0.2) is 0 Å². The summed E-state index contributed by atoms with van der Waals surface area (Å²) >= 11 is 5.70. The molecule has 0 unspecified atom stereocenters. The van der Waals surface area contributed by atoms with Crippen LogP contribution in [0.5, 0.6) is 0 Å². The molecular weight excluding hydrogens is 250 g/mol. The summed E-state index contributed by atoms with van der Waals surface area (Å²) in [4.78, 5) is 33.7. The quantitative estimate of drug-likeness (QED) is 0.490. The van der Waals surface area contributed by atoms with Crippen molar-refractivity contribution in [1.82, 2.24) is 5.32 Å². The summed E-state index contributed by atoms with van der Waals surface area (Å²) in [5.41, 5.74) is -0.470. The number of nitrogens with zero attached hydrogens (tertiary/aromatic N) is 2. The highest BCUT2D eigenvalue weighted by molar-refractivity contribution is 6.31. The fourth-order valence-electron chi connectivity index (χ4n) is 1.50. The van der Waals surface area contributed by atoms with Gasteiger partial charge in [0, 0.05) is 11.1 Å². The second-order valence-electron chi connectivity index (χ2n) is 3.28. The van der Waals surface area contributed by atoms with E-state index in [1.54, 1.807) is 0 Å². The highest BCUT2D eigenvalue weighted by atomic mass is 35.5. The monoisotopic (exact) mass is 255 g/mol. The number of hydrogen-bond acceptors (Lipinski definition) is 4. The van der Waals surface area contributed by atoms with Crippen molar-refractivity contribution in [2.45, 2.75) is 0 Å². The number of urea groups is 1. The molecule has 1 aromatic carbocycles. The molecule has 8 heteroatoms. The number of carbonyl (C=O) groups excluding carboxylic acids is 2. The first kappa shape index (κ1) is 11.3. The minimum absolute atomic E-state index is 0.123. The standard InChI is InChI=1S/C9H6ClN3O4/c10-5-1-2-6(13(16)17)7(3-5)12-8(14)4-11-9(12)15/h1-3H,4H2,(H,11,15). The molecule has 0 aromatic heterocycles. The molecule has 0 bridgehead atoms. The third-order valence-electron chi connectivity index (χ3n) is 2.22. The van der Waals surface area contributed by atoms with Crippen LogP contribution in [0.15, 0.2) is 18.2 Å². The maximum Gasteiger partial charge on any atom is 0.329 e. The maximum atomic E-state index is 11.4. The zero-order valence-corrected chi connectivity index (χ0v) is 9.10. The van der Waals surface area contributed by atoms with Gasteiger partial charge in [0.05, 0.1) is 11.5 Å². The highest BCUT2D eigenvalue weighted by Crippen LogP contribution is 2.32. The fourth-order valence-corrected chi connectivity index (χ4v) is 1.66. The average Bonchev–Trinajstić information content (AvgIpc) is 2.58. The van der Waals surface area contributed by atoms with Gasteiger partial charge in [-0.2, -0.15) is 0 Å². The van der Waals surface area contributed by atoms with Crippen LogP contribution in [0, 0.1) is 10.1 Å². The normalized spacial score (nSPS) is 15.0. The van der Waals surface area contributed by atoms with Gasteiger partial charge in [0.2, 0.25) is 0 Å². The molecule has 1 aliphatic heterocycles. The second-order valence-corrected chi connectivity index (χ2v) is 3.71. The van der Waals surface area contributed by atoms with Crippen molar-refractivity contribution >= 4 is 34.9 Å². The first-order valence-electron chi connectivity index (χ1n) is 4.55. The summed E-state index contributed by atoms with van der Waals surface area (Å²) < 4.78 is 0. The van der Waals surface area contributed by atoms with Gasteiger partial charge in [-0.15, -0.1) is 0 Å². The van der Waals surface area contributed by atoms with Crippen LogP contribution in [0.3, 0.4) is 0 Å². The molecule has 1 aromatic rings. The lowest BCUT2D eigenvalue weighted by atomic mass is 10.2. The molecule has 1 fully saturated rings. The van der Waals surface area contributed by atoms with Crippen LogP contribution in [0.1, 0.15) is 0 Å². The van der Waals surface area contributed by atoms with Gasteiger partial charge < -0.3 is 5.32 Å². The van der Waals surface area contributed by atoms with Crippen LogP contribution >= 0.6 is 11.6 Å². The number of hydrogen-bond donors (Lipinski definition) is 1. The van der Waals surface area contributed by atoms with E-state index in [0.29, 0.717) is 4.90 Å². The van der Waals surface area contributed by atoms with Gasteiger partial charge >= 0.3 is 6.03 Å². The third kappa shape index (κ3) is 1.92. The zero-order chi connectivity index (χ0) is 12.6. The minimum Gasteiger partial charge on any atom is -0.328 e. The average molecular weight is 256 g/mol. The first-order valence-corrected chi connectivity index (χ1v) is 4.93. The number of rotatable bonds is 2. The minimum atomic E-state index is -0.694. The van der Waals surface area contributed by atoms with Crippen molar-refractivity contribution in [1.29, 1.82) is 0 Å². The van der Waals surface area contributed by atoms with Gasteiger partial charge in [-0.1, -0.05) is 11.6 Å². The van der Waals surface area contributed by atoms with Crippen molar-refractivity contribution in [3.8, 4) is 0 Å². The molecule has 0 radical (unpaired) electrons. The van der Waals surface area contributed by atoms with E-state index < -0.39 is 16.9 Å². The Hall–Kier alpha value is -2.15. The number of nitrogens with one attached hydrogen (secondary N) is 1. The lowest BCUT2D eigenvalue weighted by molar-refractivity contribution is -0.384. The molecule has 0 saturated carbocycles. The molecule has 1 N–H and O–H groups in total. The lowest BCUT2D eigenvalue weighted by Crippen LogP contribution is -2.31. The van der Waals surface area contributed by atoms with Crippen LogP contribution in [0.4, 0.5) is 16.2 Å². The molecule has 1 saturated heterocycles. The summed E-state index contributed by atoms with van der Waals surface area (Å²) in [5, 5.41) is 13.3. The number of halogens is 1. The van der Waals surface area contributed by atoms with Crippen LogP contribution in [-0.2, 0) is 4.79 Å². The van der Waals surface area contributed by atoms with E-state index in [1.807, 2.05) is 0 Å². The van der Waals surface area contributed by atoms with E-state index in [-0.39, 0.29) is 22.9 Å². The van der Waals surface area contributed by atoms with Gasteiger partial charge in [-0.25, -0.2) is 9.69 Å². The Morgan fingerprint density at radius 1 is 1.41 bits per heavy atom. The summed E-state index contributed by atoms with van der Waals surface area (Å²) in [6, 6.07) is 2.99. The Morgan fingerprint density at radius 3 is 2.65 bits per heavy atom. The summed E-state index contributed by atoms with van der Waals surface area (Å²) in [6.45, 7) is -0.178. The predicted octanol–water partition coefficient (Wildman–Crippen LogP) is 1.30. The molecule has 88 valence electrons. The van der Waals surface area contributed by atoms with Crippen molar-refractivity contribution < 1.29 is 14.5 Å². The molecule has 0 spiro atoms. The van der Waals surface area contributed by atoms with Crippen LogP contribution in [-0.4, -0.2) is 23.4 Å². The smallest absolute Gasteiger partial charge is 0.328 e. The number of imide groups is 1. The lowest BCUT2D eigenvalue weighted by Gasteiger charge is -2.12. The molecule has 0 aliphatic carbocycles.